The van der Waals surface area contributed by atoms with Gasteiger partial charge in [-0.15, -0.1) is 11.3 Å². The quantitative estimate of drug-likeness (QED) is 0.859. The van der Waals surface area contributed by atoms with Crippen LogP contribution in [0.3, 0.4) is 0 Å². The van der Waals surface area contributed by atoms with Crippen LogP contribution in [0.2, 0.25) is 0 Å². The standard InChI is InChI=1S/C15H19N3OS/c1-11(2)18-13-6-4-3-5-12(13)15(19)17-8-7-14-16-9-10-20-14/h3-6,9-11,18H,7-8H2,1-2H3,(H,17,19). The molecule has 0 aliphatic carbocycles. The zero-order valence-electron chi connectivity index (χ0n) is 11.7. The second-order valence-electron chi connectivity index (χ2n) is 4.78. The van der Waals surface area contributed by atoms with Crippen LogP contribution in [0.1, 0.15) is 29.2 Å². The number of aromatic nitrogens is 1. The van der Waals surface area contributed by atoms with Gasteiger partial charge in [-0.25, -0.2) is 4.98 Å². The molecule has 106 valence electrons. The Labute approximate surface area is 123 Å². The molecule has 2 aromatic rings. The van der Waals surface area contributed by atoms with Crippen molar-refractivity contribution in [1.29, 1.82) is 0 Å². The van der Waals surface area contributed by atoms with E-state index in [2.05, 4.69) is 29.5 Å². The highest BCUT2D eigenvalue weighted by Crippen LogP contribution is 2.16. The topological polar surface area (TPSA) is 54.0 Å². The number of hydrogen-bond donors (Lipinski definition) is 2. The Bertz CT molecular complexity index is 552. The minimum absolute atomic E-state index is 0.0506. The van der Waals surface area contributed by atoms with Crippen LogP contribution < -0.4 is 10.6 Å². The Morgan fingerprint density at radius 3 is 2.85 bits per heavy atom. The maximum Gasteiger partial charge on any atom is 0.253 e. The monoisotopic (exact) mass is 289 g/mol. The second-order valence-corrected chi connectivity index (χ2v) is 5.76. The van der Waals surface area contributed by atoms with Gasteiger partial charge in [-0.2, -0.15) is 0 Å². The number of thiazole rings is 1. The molecule has 4 nitrogen and oxygen atoms in total. The zero-order valence-corrected chi connectivity index (χ0v) is 12.5. The van der Waals surface area contributed by atoms with Gasteiger partial charge in [-0.3, -0.25) is 4.79 Å². The Kier molecular flexibility index (Phi) is 5.12. The van der Waals surface area contributed by atoms with Gasteiger partial charge < -0.3 is 10.6 Å². The van der Waals surface area contributed by atoms with Crippen molar-refractivity contribution in [2.24, 2.45) is 0 Å². The fourth-order valence-corrected chi connectivity index (χ4v) is 2.49. The molecule has 5 heteroatoms. The average Bonchev–Trinajstić information content (AvgIpc) is 2.91. The molecule has 0 aliphatic rings. The van der Waals surface area contributed by atoms with Crippen molar-refractivity contribution in [2.75, 3.05) is 11.9 Å². The normalized spacial score (nSPS) is 10.6. The largest absolute Gasteiger partial charge is 0.382 e. The number of carbonyl (C=O) groups excluding carboxylic acids is 1. The van der Waals surface area contributed by atoms with E-state index in [9.17, 15) is 4.79 Å². The Balaban J connectivity index is 1.94. The predicted molar refractivity (Wildman–Crippen MR) is 83.4 cm³/mol. The van der Waals surface area contributed by atoms with E-state index in [0.717, 1.165) is 17.1 Å². The Morgan fingerprint density at radius 1 is 1.35 bits per heavy atom. The summed E-state index contributed by atoms with van der Waals surface area (Å²) in [5.74, 6) is -0.0506. The minimum Gasteiger partial charge on any atom is -0.382 e. The molecule has 1 heterocycles. The molecule has 2 N–H and O–H groups in total. The summed E-state index contributed by atoms with van der Waals surface area (Å²) in [6.45, 7) is 4.71. The fourth-order valence-electron chi connectivity index (χ4n) is 1.87. The summed E-state index contributed by atoms with van der Waals surface area (Å²) in [5.41, 5.74) is 1.55. The highest BCUT2D eigenvalue weighted by molar-refractivity contribution is 7.09. The average molecular weight is 289 g/mol. The van der Waals surface area contributed by atoms with Gasteiger partial charge in [0.05, 0.1) is 10.6 Å². The van der Waals surface area contributed by atoms with Crippen LogP contribution in [0, 0.1) is 0 Å². The third-order valence-corrected chi connectivity index (χ3v) is 3.56. The lowest BCUT2D eigenvalue weighted by atomic mass is 10.1. The van der Waals surface area contributed by atoms with E-state index >= 15 is 0 Å². The highest BCUT2D eigenvalue weighted by Gasteiger charge is 2.11. The first-order valence-electron chi connectivity index (χ1n) is 6.69. The molecule has 0 unspecified atom stereocenters. The molecule has 0 fully saturated rings. The molecule has 1 aromatic carbocycles. The van der Waals surface area contributed by atoms with Gasteiger partial charge in [0.25, 0.3) is 5.91 Å². The summed E-state index contributed by atoms with van der Waals surface area (Å²) >= 11 is 1.61. The molecular formula is C15H19N3OS. The van der Waals surface area contributed by atoms with Crippen LogP contribution in [0.4, 0.5) is 5.69 Å². The summed E-state index contributed by atoms with van der Waals surface area (Å²) in [4.78, 5) is 16.4. The van der Waals surface area contributed by atoms with Crippen LogP contribution in [0.25, 0.3) is 0 Å². The number of hydrogen-bond acceptors (Lipinski definition) is 4. The molecule has 0 spiro atoms. The molecule has 2 rings (SSSR count). The molecular weight excluding hydrogens is 270 g/mol. The number of anilines is 1. The van der Waals surface area contributed by atoms with Crippen molar-refractivity contribution in [3.63, 3.8) is 0 Å². The van der Waals surface area contributed by atoms with Crippen molar-refractivity contribution in [3.05, 3.63) is 46.4 Å². The van der Waals surface area contributed by atoms with E-state index in [0.29, 0.717) is 18.2 Å². The van der Waals surface area contributed by atoms with Crippen molar-refractivity contribution < 1.29 is 4.79 Å². The van der Waals surface area contributed by atoms with E-state index in [1.807, 2.05) is 29.6 Å². The van der Waals surface area contributed by atoms with E-state index < -0.39 is 0 Å². The number of rotatable bonds is 6. The molecule has 0 saturated carbocycles. The summed E-state index contributed by atoms with van der Waals surface area (Å²) in [5, 5.41) is 9.21. The molecule has 0 aliphatic heterocycles. The first-order chi connectivity index (χ1) is 9.66. The third kappa shape index (κ3) is 4.06. The van der Waals surface area contributed by atoms with Crippen LogP contribution >= 0.6 is 11.3 Å². The number of benzene rings is 1. The van der Waals surface area contributed by atoms with Gasteiger partial charge in [-0.05, 0) is 26.0 Å². The third-order valence-electron chi connectivity index (χ3n) is 2.72. The maximum absolute atomic E-state index is 12.2. The number of nitrogens with zero attached hydrogens (tertiary/aromatic N) is 1. The van der Waals surface area contributed by atoms with Crippen LogP contribution in [-0.4, -0.2) is 23.5 Å². The molecule has 1 aromatic heterocycles. The first-order valence-corrected chi connectivity index (χ1v) is 7.57. The second kappa shape index (κ2) is 7.05. The van der Waals surface area contributed by atoms with Crippen LogP contribution in [0.5, 0.6) is 0 Å². The lowest BCUT2D eigenvalue weighted by Crippen LogP contribution is -2.27. The SMILES string of the molecule is CC(C)Nc1ccccc1C(=O)NCCc1nccs1. The lowest BCUT2D eigenvalue weighted by molar-refractivity contribution is 0.0955. The van der Waals surface area contributed by atoms with Gasteiger partial charge in [-0.1, -0.05) is 12.1 Å². The lowest BCUT2D eigenvalue weighted by Gasteiger charge is -2.14. The van der Waals surface area contributed by atoms with Crippen molar-refractivity contribution in [3.8, 4) is 0 Å². The summed E-state index contributed by atoms with van der Waals surface area (Å²) in [6.07, 6.45) is 2.55. The number of para-hydroxylation sites is 1. The van der Waals surface area contributed by atoms with Crippen LogP contribution in [-0.2, 0) is 6.42 Å². The Hall–Kier alpha value is -1.88. The number of nitrogens with one attached hydrogen (secondary N) is 2. The number of carbonyl (C=O) groups is 1. The summed E-state index contributed by atoms with van der Waals surface area (Å²) in [6, 6.07) is 7.86. The molecule has 0 saturated heterocycles. The van der Waals surface area contributed by atoms with Gasteiger partial charge in [0.2, 0.25) is 0 Å². The van der Waals surface area contributed by atoms with E-state index in [4.69, 9.17) is 0 Å². The minimum atomic E-state index is -0.0506. The van der Waals surface area contributed by atoms with E-state index in [1.165, 1.54) is 0 Å². The van der Waals surface area contributed by atoms with Crippen molar-refractivity contribution in [2.45, 2.75) is 26.3 Å². The van der Waals surface area contributed by atoms with E-state index in [1.54, 1.807) is 17.5 Å². The maximum atomic E-state index is 12.2. The van der Waals surface area contributed by atoms with Gasteiger partial charge >= 0.3 is 0 Å². The first kappa shape index (κ1) is 14.5. The van der Waals surface area contributed by atoms with Crippen LogP contribution in [0.15, 0.2) is 35.8 Å². The fraction of sp³-hybridized carbons (Fsp3) is 0.333. The smallest absolute Gasteiger partial charge is 0.253 e. The zero-order chi connectivity index (χ0) is 14.4. The van der Waals surface area contributed by atoms with Crippen molar-refractivity contribution >= 4 is 22.9 Å². The van der Waals surface area contributed by atoms with Gasteiger partial charge in [0.1, 0.15) is 0 Å². The molecule has 0 atom stereocenters. The molecule has 20 heavy (non-hydrogen) atoms. The molecule has 0 radical (unpaired) electrons. The van der Waals surface area contributed by atoms with Gasteiger partial charge in [0, 0.05) is 36.3 Å². The summed E-state index contributed by atoms with van der Waals surface area (Å²) < 4.78 is 0. The van der Waals surface area contributed by atoms with Gasteiger partial charge in [0.15, 0.2) is 0 Å². The molecule has 0 bridgehead atoms. The van der Waals surface area contributed by atoms with Crippen molar-refractivity contribution in [1.82, 2.24) is 10.3 Å². The number of amides is 1. The molecule has 1 amide bonds. The predicted octanol–water partition coefficient (Wildman–Crippen LogP) is 2.94. The Morgan fingerprint density at radius 2 is 2.15 bits per heavy atom. The summed E-state index contributed by atoms with van der Waals surface area (Å²) in [7, 11) is 0. The van der Waals surface area contributed by atoms with E-state index in [-0.39, 0.29) is 5.91 Å². The highest BCUT2D eigenvalue weighted by atomic mass is 32.1.